The van der Waals surface area contributed by atoms with Crippen molar-refractivity contribution in [2.24, 2.45) is 0 Å². The van der Waals surface area contributed by atoms with Gasteiger partial charge in [-0.2, -0.15) is 0 Å². The van der Waals surface area contributed by atoms with Crippen molar-refractivity contribution in [1.29, 1.82) is 0 Å². The van der Waals surface area contributed by atoms with E-state index in [-0.39, 0.29) is 28.8 Å². The summed E-state index contributed by atoms with van der Waals surface area (Å²) in [6.07, 6.45) is 0. The van der Waals surface area contributed by atoms with Crippen LogP contribution in [-0.4, -0.2) is 22.0 Å². The zero-order valence-corrected chi connectivity index (χ0v) is 16.6. The van der Waals surface area contributed by atoms with Crippen LogP contribution in [0.5, 0.6) is 5.75 Å². The Morgan fingerprint density at radius 2 is 1.62 bits per heavy atom. The molecule has 0 bridgehead atoms. The summed E-state index contributed by atoms with van der Waals surface area (Å²) in [5.74, 6) is -0.623. The number of nitro benzene ring substituents is 1. The van der Waals surface area contributed by atoms with E-state index < -0.39 is 16.9 Å². The quantitative estimate of drug-likeness (QED) is 0.444. The second-order valence-electron chi connectivity index (χ2n) is 7.15. The summed E-state index contributed by atoms with van der Waals surface area (Å²) in [6.45, 7) is 7.79. The van der Waals surface area contributed by atoms with E-state index in [0.29, 0.717) is 11.3 Å². The molecule has 0 radical (unpaired) electrons. The molecule has 0 aliphatic rings. The molecule has 0 fully saturated rings. The van der Waals surface area contributed by atoms with E-state index in [1.807, 2.05) is 33.8 Å². The van der Waals surface area contributed by atoms with E-state index in [1.54, 1.807) is 6.07 Å². The SMILES string of the molecule is CC(C)c1cc(C(=O)NNC(=O)Nc2ccc([N+](=O)[O-])cc2)c(O)c(C(C)C)c1. The first-order valence-corrected chi connectivity index (χ1v) is 9.08. The molecule has 9 nitrogen and oxygen atoms in total. The first-order chi connectivity index (χ1) is 13.6. The lowest BCUT2D eigenvalue weighted by Gasteiger charge is -2.17. The third kappa shape index (κ3) is 5.44. The predicted molar refractivity (Wildman–Crippen MR) is 109 cm³/mol. The molecule has 2 aromatic carbocycles. The molecule has 0 atom stereocenters. The van der Waals surface area contributed by atoms with Gasteiger partial charge in [0.25, 0.3) is 11.6 Å². The third-order valence-corrected chi connectivity index (χ3v) is 4.32. The number of carbonyl (C=O) groups is 2. The molecular formula is C20H24N4O5. The number of non-ortho nitro benzene ring substituents is 1. The summed E-state index contributed by atoms with van der Waals surface area (Å²) < 4.78 is 0. The lowest BCUT2D eigenvalue weighted by atomic mass is 9.92. The predicted octanol–water partition coefficient (Wildman–Crippen LogP) is 4.01. The number of phenols is 1. The van der Waals surface area contributed by atoms with E-state index in [4.69, 9.17) is 0 Å². The largest absolute Gasteiger partial charge is 0.507 e. The summed E-state index contributed by atoms with van der Waals surface area (Å²) >= 11 is 0. The highest BCUT2D eigenvalue weighted by Crippen LogP contribution is 2.32. The van der Waals surface area contributed by atoms with Gasteiger partial charge in [-0.1, -0.05) is 33.8 Å². The van der Waals surface area contributed by atoms with Crippen LogP contribution in [0.4, 0.5) is 16.2 Å². The Morgan fingerprint density at radius 1 is 1.00 bits per heavy atom. The number of hydrogen-bond acceptors (Lipinski definition) is 5. The van der Waals surface area contributed by atoms with Gasteiger partial charge < -0.3 is 10.4 Å². The number of anilines is 1. The number of amides is 3. The number of nitrogens with one attached hydrogen (secondary N) is 3. The smallest absolute Gasteiger partial charge is 0.337 e. The van der Waals surface area contributed by atoms with Crippen LogP contribution in [0.15, 0.2) is 36.4 Å². The maximum absolute atomic E-state index is 12.5. The normalized spacial score (nSPS) is 10.7. The van der Waals surface area contributed by atoms with Crippen molar-refractivity contribution in [1.82, 2.24) is 10.9 Å². The highest BCUT2D eigenvalue weighted by molar-refractivity contribution is 5.99. The number of aromatic hydroxyl groups is 1. The van der Waals surface area contributed by atoms with Gasteiger partial charge >= 0.3 is 6.03 Å². The average molecular weight is 400 g/mol. The Kier molecular flexibility index (Phi) is 6.76. The lowest BCUT2D eigenvalue weighted by Crippen LogP contribution is -2.44. The highest BCUT2D eigenvalue weighted by atomic mass is 16.6. The topological polar surface area (TPSA) is 134 Å². The van der Waals surface area contributed by atoms with Crippen LogP contribution in [0.3, 0.4) is 0 Å². The van der Waals surface area contributed by atoms with Crippen LogP contribution < -0.4 is 16.2 Å². The summed E-state index contributed by atoms with van der Waals surface area (Å²) in [7, 11) is 0. The summed E-state index contributed by atoms with van der Waals surface area (Å²) in [5, 5.41) is 23.5. The minimum Gasteiger partial charge on any atom is -0.507 e. The number of phenolic OH excluding ortho intramolecular Hbond substituents is 1. The van der Waals surface area contributed by atoms with Crippen molar-refractivity contribution >= 4 is 23.3 Å². The van der Waals surface area contributed by atoms with Crippen molar-refractivity contribution in [3.8, 4) is 5.75 Å². The monoisotopic (exact) mass is 400 g/mol. The number of nitrogens with zero attached hydrogens (tertiary/aromatic N) is 1. The molecule has 0 heterocycles. The van der Waals surface area contributed by atoms with Gasteiger partial charge in [0.15, 0.2) is 0 Å². The van der Waals surface area contributed by atoms with Gasteiger partial charge in [-0.3, -0.25) is 20.3 Å². The van der Waals surface area contributed by atoms with Crippen LogP contribution >= 0.6 is 0 Å². The van der Waals surface area contributed by atoms with E-state index in [0.717, 1.165) is 5.56 Å². The molecule has 4 N–H and O–H groups in total. The number of rotatable bonds is 5. The standard InChI is InChI=1S/C20H24N4O5/c1-11(2)13-9-16(12(3)4)18(25)17(10-13)19(26)22-23-20(27)21-14-5-7-15(8-6-14)24(28)29/h5-12,25H,1-4H3,(H,22,26)(H2,21,23,27). The maximum Gasteiger partial charge on any atom is 0.337 e. The van der Waals surface area contributed by atoms with Crippen LogP contribution in [0.1, 0.15) is 61.0 Å². The fourth-order valence-corrected chi connectivity index (χ4v) is 2.64. The molecule has 0 spiro atoms. The molecule has 0 unspecified atom stereocenters. The van der Waals surface area contributed by atoms with Crippen molar-refractivity contribution in [3.05, 3.63) is 63.2 Å². The van der Waals surface area contributed by atoms with Crippen LogP contribution in [0.25, 0.3) is 0 Å². The fourth-order valence-electron chi connectivity index (χ4n) is 2.64. The molecule has 2 aromatic rings. The second kappa shape index (κ2) is 9.05. The van der Waals surface area contributed by atoms with E-state index in [1.165, 1.54) is 24.3 Å². The number of hydrogen-bond donors (Lipinski definition) is 4. The molecule has 3 amide bonds. The number of nitro groups is 1. The molecule has 0 aromatic heterocycles. The van der Waals surface area contributed by atoms with E-state index in [2.05, 4.69) is 16.2 Å². The van der Waals surface area contributed by atoms with E-state index in [9.17, 15) is 24.8 Å². The molecule has 9 heteroatoms. The van der Waals surface area contributed by atoms with Gasteiger partial charge in [0, 0.05) is 17.8 Å². The fraction of sp³-hybridized carbons (Fsp3) is 0.300. The third-order valence-electron chi connectivity index (χ3n) is 4.32. The van der Waals surface area contributed by atoms with Crippen molar-refractivity contribution < 1.29 is 19.6 Å². The second-order valence-corrected chi connectivity index (χ2v) is 7.15. The van der Waals surface area contributed by atoms with Crippen LogP contribution in [0, 0.1) is 10.1 Å². The van der Waals surface area contributed by atoms with Gasteiger partial charge in [-0.15, -0.1) is 0 Å². The minimum atomic E-state index is -0.740. The Balaban J connectivity index is 2.08. The number of carbonyl (C=O) groups excluding carboxylic acids is 2. The van der Waals surface area contributed by atoms with Crippen LogP contribution in [0.2, 0.25) is 0 Å². The average Bonchev–Trinajstić information content (AvgIpc) is 2.66. The molecule has 0 aliphatic carbocycles. The molecule has 29 heavy (non-hydrogen) atoms. The van der Waals surface area contributed by atoms with Gasteiger partial charge in [-0.25, -0.2) is 10.2 Å². The van der Waals surface area contributed by atoms with Crippen molar-refractivity contribution in [2.45, 2.75) is 39.5 Å². The molecular weight excluding hydrogens is 376 g/mol. The zero-order chi connectivity index (χ0) is 21.7. The number of hydrazine groups is 1. The van der Waals surface area contributed by atoms with Crippen molar-refractivity contribution in [3.63, 3.8) is 0 Å². The first kappa shape index (κ1) is 21.7. The number of benzene rings is 2. The lowest BCUT2D eigenvalue weighted by molar-refractivity contribution is -0.384. The molecule has 0 aliphatic heterocycles. The maximum atomic E-state index is 12.5. The summed E-state index contributed by atoms with van der Waals surface area (Å²) in [5.41, 5.74) is 6.27. The van der Waals surface area contributed by atoms with Gasteiger partial charge in [0.2, 0.25) is 0 Å². The molecule has 154 valence electrons. The Hall–Kier alpha value is -3.62. The van der Waals surface area contributed by atoms with Gasteiger partial charge in [0.1, 0.15) is 5.75 Å². The summed E-state index contributed by atoms with van der Waals surface area (Å²) in [4.78, 5) is 34.6. The van der Waals surface area contributed by atoms with E-state index >= 15 is 0 Å². The summed E-state index contributed by atoms with van der Waals surface area (Å²) in [6, 6.07) is 7.95. The molecule has 0 saturated carbocycles. The van der Waals surface area contributed by atoms with Crippen LogP contribution in [-0.2, 0) is 0 Å². The minimum absolute atomic E-state index is 0.0126. The zero-order valence-electron chi connectivity index (χ0n) is 16.6. The van der Waals surface area contributed by atoms with Gasteiger partial charge in [-0.05, 0) is 41.2 Å². The van der Waals surface area contributed by atoms with Gasteiger partial charge in [0.05, 0.1) is 10.5 Å². The Bertz CT molecular complexity index is 923. The number of urea groups is 1. The Morgan fingerprint density at radius 3 is 2.14 bits per heavy atom. The molecule has 2 rings (SSSR count). The first-order valence-electron chi connectivity index (χ1n) is 9.08. The highest BCUT2D eigenvalue weighted by Gasteiger charge is 2.19. The Labute approximate surface area is 168 Å². The van der Waals surface area contributed by atoms with Crippen molar-refractivity contribution in [2.75, 3.05) is 5.32 Å². The molecule has 0 saturated heterocycles.